The molecule has 0 saturated heterocycles. The second-order valence-electron chi connectivity index (χ2n) is 2.49. The normalized spacial score (nSPS) is 9.07. The van der Waals surface area contributed by atoms with E-state index >= 15 is 0 Å². The zero-order valence-electron chi connectivity index (χ0n) is 7.61. The predicted molar refractivity (Wildman–Crippen MR) is 58.0 cm³/mol. The first-order valence-corrected chi connectivity index (χ1v) is 4.96. The summed E-state index contributed by atoms with van der Waals surface area (Å²) in [5.41, 5.74) is 0.0739. The van der Waals surface area contributed by atoms with Gasteiger partial charge in [-0.15, -0.1) is 0 Å². The van der Waals surface area contributed by atoms with Crippen LogP contribution in [0.25, 0.3) is 0 Å². The number of rotatable bonds is 0. The Kier molecular flexibility index (Phi) is 4.13. The highest BCUT2D eigenvalue weighted by atomic mass is 79.9. The van der Waals surface area contributed by atoms with E-state index in [1.807, 2.05) is 0 Å². The number of benzene rings is 1. The maximum Gasteiger partial charge on any atom is 0.384 e. The van der Waals surface area contributed by atoms with Gasteiger partial charge in [0, 0.05) is 15.4 Å². The molecule has 0 heterocycles. The Balaban J connectivity index is 3.14. The van der Waals surface area contributed by atoms with E-state index in [1.165, 1.54) is 13.2 Å². The molecule has 0 radical (unpaired) electrons. The summed E-state index contributed by atoms with van der Waals surface area (Å²) < 4.78 is 18.0. The number of carbonyl (C=O) groups excluding carboxylic acids is 1. The van der Waals surface area contributed by atoms with E-state index in [0.717, 1.165) is 6.07 Å². The molecule has 0 aromatic heterocycles. The first-order valence-electron chi connectivity index (χ1n) is 3.79. The summed E-state index contributed by atoms with van der Waals surface area (Å²) in [6, 6.07) is 2.61. The van der Waals surface area contributed by atoms with E-state index < -0.39 is 11.8 Å². The Morgan fingerprint density at radius 2 is 2.27 bits per heavy atom. The lowest BCUT2D eigenvalue weighted by atomic mass is 10.2. The van der Waals surface area contributed by atoms with Gasteiger partial charge in [0.1, 0.15) is 5.82 Å². The molecule has 0 N–H and O–H groups in total. The lowest BCUT2D eigenvalue weighted by Crippen LogP contribution is -1.95. The van der Waals surface area contributed by atoms with Crippen molar-refractivity contribution < 1.29 is 13.9 Å². The van der Waals surface area contributed by atoms with Crippen LogP contribution in [0.4, 0.5) is 4.39 Å². The molecule has 2 nitrogen and oxygen atoms in total. The van der Waals surface area contributed by atoms with Crippen LogP contribution in [0.5, 0.6) is 0 Å². The van der Waals surface area contributed by atoms with Crippen molar-refractivity contribution in [3.8, 4) is 11.8 Å². The zero-order chi connectivity index (χ0) is 11.4. The number of ether oxygens (including phenoxy) is 1. The summed E-state index contributed by atoms with van der Waals surface area (Å²) in [5, 5.41) is 0.253. The van der Waals surface area contributed by atoms with Crippen LogP contribution in [-0.4, -0.2) is 13.1 Å². The third-order valence-electron chi connectivity index (χ3n) is 1.48. The highest BCUT2D eigenvalue weighted by Gasteiger charge is 2.06. The maximum atomic E-state index is 13.3. The quantitative estimate of drug-likeness (QED) is 0.543. The fraction of sp³-hybridized carbons (Fsp3) is 0.100. The van der Waals surface area contributed by atoms with Crippen molar-refractivity contribution in [2.45, 2.75) is 0 Å². The molecule has 5 heteroatoms. The summed E-state index contributed by atoms with van der Waals surface area (Å²) in [6.45, 7) is 0. The minimum atomic E-state index is -0.726. The second-order valence-corrected chi connectivity index (χ2v) is 3.78. The van der Waals surface area contributed by atoms with Crippen molar-refractivity contribution in [3.05, 3.63) is 33.0 Å². The smallest absolute Gasteiger partial charge is 0.384 e. The number of carbonyl (C=O) groups is 1. The minimum Gasteiger partial charge on any atom is -0.459 e. The van der Waals surface area contributed by atoms with Gasteiger partial charge in [-0.2, -0.15) is 0 Å². The average Bonchev–Trinajstić information content (AvgIpc) is 2.15. The maximum absolute atomic E-state index is 13.3. The van der Waals surface area contributed by atoms with Gasteiger partial charge >= 0.3 is 5.97 Å². The van der Waals surface area contributed by atoms with E-state index in [-0.39, 0.29) is 10.6 Å². The van der Waals surface area contributed by atoms with Crippen LogP contribution >= 0.6 is 27.5 Å². The first kappa shape index (κ1) is 12.0. The number of halogens is 3. The van der Waals surface area contributed by atoms with E-state index in [1.54, 1.807) is 0 Å². The molecule has 0 aliphatic rings. The predicted octanol–water partition coefficient (Wildman–Crippen LogP) is 2.77. The lowest BCUT2D eigenvalue weighted by Gasteiger charge is -1.98. The van der Waals surface area contributed by atoms with Gasteiger partial charge in [-0.05, 0) is 28.1 Å². The Labute approximate surface area is 99.5 Å². The van der Waals surface area contributed by atoms with E-state index in [0.29, 0.717) is 4.47 Å². The highest BCUT2D eigenvalue weighted by molar-refractivity contribution is 9.10. The van der Waals surface area contributed by atoms with Crippen molar-refractivity contribution in [1.29, 1.82) is 0 Å². The molecule has 0 saturated carbocycles. The molecule has 0 atom stereocenters. The Hall–Kier alpha value is -1.05. The molecular formula is C10H5BrClFO2. The SMILES string of the molecule is COC(=O)C#Cc1c(F)cc(Cl)cc1Br. The second kappa shape index (κ2) is 5.15. The fourth-order valence-electron chi connectivity index (χ4n) is 0.826. The van der Waals surface area contributed by atoms with Gasteiger partial charge in [0.15, 0.2) is 0 Å². The van der Waals surface area contributed by atoms with Crippen LogP contribution in [0, 0.1) is 17.7 Å². The number of esters is 1. The molecule has 0 fully saturated rings. The van der Waals surface area contributed by atoms with Crippen molar-refractivity contribution in [2.75, 3.05) is 7.11 Å². The van der Waals surface area contributed by atoms with Crippen LogP contribution in [0.15, 0.2) is 16.6 Å². The molecule has 1 aromatic carbocycles. The third-order valence-corrected chi connectivity index (χ3v) is 2.33. The highest BCUT2D eigenvalue weighted by Crippen LogP contribution is 2.23. The first-order chi connectivity index (χ1) is 7.04. The Bertz CT molecular complexity index is 439. The Morgan fingerprint density at radius 1 is 1.60 bits per heavy atom. The third kappa shape index (κ3) is 3.22. The molecule has 1 rings (SSSR count). The van der Waals surface area contributed by atoms with Crippen LogP contribution in [0.2, 0.25) is 5.02 Å². The average molecular weight is 292 g/mol. The number of hydrogen-bond acceptors (Lipinski definition) is 2. The minimum absolute atomic E-state index is 0.0739. The molecule has 0 amide bonds. The fourth-order valence-corrected chi connectivity index (χ4v) is 1.70. The van der Waals surface area contributed by atoms with E-state index in [9.17, 15) is 9.18 Å². The standard InChI is InChI=1S/C10H5BrClFO2/c1-15-10(14)3-2-7-8(11)4-6(12)5-9(7)13/h4-5H,1H3. The summed E-state index contributed by atoms with van der Waals surface area (Å²) in [7, 11) is 1.20. The van der Waals surface area contributed by atoms with Crippen molar-refractivity contribution in [1.82, 2.24) is 0 Å². The summed E-state index contributed by atoms with van der Waals surface area (Å²) in [4.78, 5) is 10.7. The van der Waals surface area contributed by atoms with Crippen molar-refractivity contribution >= 4 is 33.5 Å². The molecular weight excluding hydrogens is 286 g/mol. The zero-order valence-corrected chi connectivity index (χ0v) is 9.95. The van der Waals surface area contributed by atoms with Crippen LogP contribution in [-0.2, 0) is 9.53 Å². The molecule has 0 bridgehead atoms. The van der Waals surface area contributed by atoms with Crippen LogP contribution in [0.1, 0.15) is 5.56 Å². The van der Waals surface area contributed by atoms with Gasteiger partial charge in [-0.3, -0.25) is 0 Å². The monoisotopic (exact) mass is 290 g/mol. The summed E-state index contributed by atoms with van der Waals surface area (Å²) in [5.74, 6) is 3.16. The molecule has 0 spiro atoms. The van der Waals surface area contributed by atoms with Gasteiger partial charge in [-0.1, -0.05) is 17.5 Å². The van der Waals surface area contributed by atoms with Gasteiger partial charge in [0.05, 0.1) is 12.7 Å². The van der Waals surface area contributed by atoms with Gasteiger partial charge in [0.25, 0.3) is 0 Å². The Morgan fingerprint density at radius 3 is 2.80 bits per heavy atom. The summed E-state index contributed by atoms with van der Waals surface area (Å²) >= 11 is 8.69. The summed E-state index contributed by atoms with van der Waals surface area (Å²) in [6.07, 6.45) is 0. The molecule has 0 aliphatic heterocycles. The molecule has 1 aromatic rings. The van der Waals surface area contributed by atoms with E-state index in [2.05, 4.69) is 32.5 Å². The van der Waals surface area contributed by atoms with Gasteiger partial charge < -0.3 is 4.74 Å². The molecule has 0 aliphatic carbocycles. The topological polar surface area (TPSA) is 26.3 Å². The molecule has 15 heavy (non-hydrogen) atoms. The van der Waals surface area contributed by atoms with Crippen molar-refractivity contribution in [3.63, 3.8) is 0 Å². The van der Waals surface area contributed by atoms with E-state index in [4.69, 9.17) is 11.6 Å². The van der Waals surface area contributed by atoms with Crippen LogP contribution < -0.4 is 0 Å². The van der Waals surface area contributed by atoms with Gasteiger partial charge in [0.2, 0.25) is 0 Å². The largest absolute Gasteiger partial charge is 0.459 e. The van der Waals surface area contributed by atoms with Crippen LogP contribution in [0.3, 0.4) is 0 Å². The van der Waals surface area contributed by atoms with Crippen molar-refractivity contribution in [2.24, 2.45) is 0 Å². The molecule has 78 valence electrons. The number of hydrogen-bond donors (Lipinski definition) is 0. The number of methoxy groups -OCH3 is 1. The lowest BCUT2D eigenvalue weighted by molar-refractivity contribution is -0.133. The molecule has 0 unspecified atom stereocenters. The van der Waals surface area contributed by atoms with Gasteiger partial charge in [-0.25, -0.2) is 9.18 Å².